The summed E-state index contributed by atoms with van der Waals surface area (Å²) in [6.07, 6.45) is 1.14. The van der Waals surface area contributed by atoms with E-state index in [1.54, 1.807) is 12.1 Å². The van der Waals surface area contributed by atoms with Crippen LogP contribution in [-0.2, 0) is 9.84 Å². The molecule has 0 saturated heterocycles. The van der Waals surface area contributed by atoms with Crippen molar-refractivity contribution in [2.24, 2.45) is 4.99 Å². The van der Waals surface area contributed by atoms with Crippen molar-refractivity contribution in [1.29, 1.82) is 0 Å². The predicted octanol–water partition coefficient (Wildman–Crippen LogP) is 2.64. The van der Waals surface area contributed by atoms with E-state index in [1.165, 1.54) is 18.2 Å². The van der Waals surface area contributed by atoms with Gasteiger partial charge in [0, 0.05) is 24.1 Å². The molecule has 120 valence electrons. The van der Waals surface area contributed by atoms with Crippen molar-refractivity contribution < 1.29 is 17.2 Å². The zero-order valence-electron chi connectivity index (χ0n) is 12.3. The third-order valence-electron chi connectivity index (χ3n) is 3.60. The lowest BCUT2D eigenvalue weighted by Crippen LogP contribution is -2.28. The molecule has 1 aliphatic rings. The van der Waals surface area contributed by atoms with Crippen molar-refractivity contribution in [2.45, 2.75) is 4.90 Å². The highest BCUT2D eigenvalue weighted by atomic mass is 32.2. The van der Waals surface area contributed by atoms with Crippen LogP contribution in [-0.4, -0.2) is 33.6 Å². The molecule has 1 heterocycles. The third-order valence-corrected chi connectivity index (χ3v) is 4.72. The maximum absolute atomic E-state index is 13.4. The van der Waals surface area contributed by atoms with Crippen LogP contribution < -0.4 is 4.90 Å². The normalized spacial score (nSPS) is 14.9. The third kappa shape index (κ3) is 3.10. The van der Waals surface area contributed by atoms with Gasteiger partial charge < -0.3 is 4.90 Å². The van der Waals surface area contributed by atoms with Crippen molar-refractivity contribution in [3.8, 4) is 0 Å². The molecule has 0 aliphatic carbocycles. The second-order valence-corrected chi connectivity index (χ2v) is 7.27. The molecule has 0 saturated carbocycles. The van der Waals surface area contributed by atoms with E-state index in [1.807, 2.05) is 4.90 Å². The van der Waals surface area contributed by atoms with Gasteiger partial charge >= 0.3 is 0 Å². The molecule has 0 spiro atoms. The largest absolute Gasteiger partial charge is 0.324 e. The van der Waals surface area contributed by atoms with E-state index in [0.717, 1.165) is 24.1 Å². The molecule has 0 atom stereocenters. The van der Waals surface area contributed by atoms with Gasteiger partial charge in [-0.2, -0.15) is 0 Å². The molecular formula is C16H14F2N2O2S. The van der Waals surface area contributed by atoms with E-state index in [0.29, 0.717) is 24.5 Å². The fourth-order valence-electron chi connectivity index (χ4n) is 2.45. The zero-order valence-corrected chi connectivity index (χ0v) is 13.1. The number of hydrogen-bond acceptors (Lipinski definition) is 4. The van der Waals surface area contributed by atoms with Gasteiger partial charge in [0.2, 0.25) is 0 Å². The minimum absolute atomic E-state index is 0.228. The predicted molar refractivity (Wildman–Crippen MR) is 84.7 cm³/mol. The highest BCUT2D eigenvalue weighted by molar-refractivity contribution is 7.90. The molecule has 0 amide bonds. The first-order chi connectivity index (χ1) is 10.9. The van der Waals surface area contributed by atoms with Crippen LogP contribution in [0.3, 0.4) is 0 Å². The van der Waals surface area contributed by atoms with Crippen LogP contribution in [0, 0.1) is 11.6 Å². The zero-order chi connectivity index (χ0) is 16.6. The van der Waals surface area contributed by atoms with Crippen molar-refractivity contribution in [1.82, 2.24) is 0 Å². The highest BCUT2D eigenvalue weighted by Crippen LogP contribution is 2.23. The summed E-state index contributed by atoms with van der Waals surface area (Å²) >= 11 is 0. The second-order valence-electron chi connectivity index (χ2n) is 5.25. The Morgan fingerprint density at radius 2 is 1.74 bits per heavy atom. The maximum atomic E-state index is 13.4. The van der Waals surface area contributed by atoms with Crippen LogP contribution in [0.2, 0.25) is 0 Å². The first-order valence-electron chi connectivity index (χ1n) is 6.94. The summed E-state index contributed by atoms with van der Waals surface area (Å²) < 4.78 is 49.5. The number of aliphatic imine (C=N–C) groups is 1. The number of anilines is 1. The Morgan fingerprint density at radius 3 is 2.35 bits per heavy atom. The average molecular weight is 336 g/mol. The van der Waals surface area contributed by atoms with Gasteiger partial charge in [0.25, 0.3) is 0 Å². The van der Waals surface area contributed by atoms with Gasteiger partial charge in [-0.1, -0.05) is 0 Å². The van der Waals surface area contributed by atoms with Gasteiger partial charge in [0.1, 0.15) is 5.84 Å². The fourth-order valence-corrected chi connectivity index (χ4v) is 3.08. The summed E-state index contributed by atoms with van der Waals surface area (Å²) in [6.45, 7) is 1.12. The first kappa shape index (κ1) is 15.6. The van der Waals surface area contributed by atoms with E-state index >= 15 is 0 Å². The Hall–Kier alpha value is -2.28. The summed E-state index contributed by atoms with van der Waals surface area (Å²) in [5.74, 6) is -1.29. The number of halogens is 2. The lowest BCUT2D eigenvalue weighted by molar-refractivity contribution is 0.508. The Balaban J connectivity index is 1.93. The van der Waals surface area contributed by atoms with Crippen LogP contribution in [0.25, 0.3) is 0 Å². The highest BCUT2D eigenvalue weighted by Gasteiger charge is 2.21. The topological polar surface area (TPSA) is 49.7 Å². The minimum atomic E-state index is -3.26. The lowest BCUT2D eigenvalue weighted by atomic mass is 10.1. The summed E-state index contributed by atoms with van der Waals surface area (Å²) in [7, 11) is -3.26. The molecule has 2 aromatic carbocycles. The van der Waals surface area contributed by atoms with Gasteiger partial charge in [-0.15, -0.1) is 0 Å². The number of nitrogens with zero attached hydrogens (tertiary/aromatic N) is 2. The van der Waals surface area contributed by atoms with Crippen LogP contribution in [0.5, 0.6) is 0 Å². The van der Waals surface area contributed by atoms with Crippen LogP contribution in [0.4, 0.5) is 14.5 Å². The Kier molecular flexibility index (Phi) is 3.89. The molecule has 0 aromatic heterocycles. The van der Waals surface area contributed by atoms with E-state index in [9.17, 15) is 17.2 Å². The summed E-state index contributed by atoms with van der Waals surface area (Å²) in [4.78, 5) is 6.42. The lowest BCUT2D eigenvalue weighted by Gasteiger charge is -2.21. The molecule has 0 radical (unpaired) electrons. The molecular weight excluding hydrogens is 322 g/mol. The molecule has 0 unspecified atom stereocenters. The first-order valence-corrected chi connectivity index (χ1v) is 8.83. The van der Waals surface area contributed by atoms with E-state index in [2.05, 4.69) is 4.99 Å². The number of hydrogen-bond donors (Lipinski definition) is 0. The number of rotatable bonds is 3. The second kappa shape index (κ2) is 5.73. The molecule has 0 N–H and O–H groups in total. The van der Waals surface area contributed by atoms with Gasteiger partial charge in [0.05, 0.1) is 11.4 Å². The quantitative estimate of drug-likeness (QED) is 0.866. The number of sulfone groups is 1. The van der Waals surface area contributed by atoms with Crippen LogP contribution in [0.1, 0.15) is 5.56 Å². The van der Waals surface area contributed by atoms with Crippen molar-refractivity contribution in [3.63, 3.8) is 0 Å². The van der Waals surface area contributed by atoms with E-state index in [-0.39, 0.29) is 4.90 Å². The number of amidine groups is 1. The minimum Gasteiger partial charge on any atom is -0.324 e. The molecule has 1 aliphatic heterocycles. The smallest absolute Gasteiger partial charge is 0.175 e. The van der Waals surface area contributed by atoms with E-state index in [4.69, 9.17) is 0 Å². The molecule has 7 heteroatoms. The summed E-state index contributed by atoms with van der Waals surface area (Å²) in [6, 6.07) is 10.0. The molecule has 0 fully saturated rings. The standard InChI is InChI=1S/C16H14F2N2O2S/c1-23(21,22)13-5-3-12(4-6-13)20-9-8-19-16(20)11-2-7-14(17)15(18)10-11/h2-7,10H,8-9H2,1H3. The van der Waals surface area contributed by atoms with Crippen LogP contribution >= 0.6 is 0 Å². The molecule has 4 nitrogen and oxygen atoms in total. The van der Waals surface area contributed by atoms with Crippen LogP contribution in [0.15, 0.2) is 52.4 Å². The molecule has 3 rings (SSSR count). The SMILES string of the molecule is CS(=O)(=O)c1ccc(N2CCN=C2c2ccc(F)c(F)c2)cc1. The average Bonchev–Trinajstić information content (AvgIpc) is 2.99. The summed E-state index contributed by atoms with van der Waals surface area (Å²) in [5.41, 5.74) is 1.23. The monoisotopic (exact) mass is 336 g/mol. The summed E-state index contributed by atoms with van der Waals surface area (Å²) in [5, 5.41) is 0. The van der Waals surface area contributed by atoms with Gasteiger partial charge in [-0.05, 0) is 42.5 Å². The van der Waals surface area contributed by atoms with Crippen molar-refractivity contribution in [2.75, 3.05) is 24.2 Å². The molecule has 2 aromatic rings. The van der Waals surface area contributed by atoms with Crippen molar-refractivity contribution in [3.05, 3.63) is 59.7 Å². The molecule has 23 heavy (non-hydrogen) atoms. The van der Waals surface area contributed by atoms with Gasteiger partial charge in [-0.3, -0.25) is 4.99 Å². The maximum Gasteiger partial charge on any atom is 0.175 e. The Labute approximate surface area is 133 Å². The van der Waals surface area contributed by atoms with Gasteiger partial charge in [-0.25, -0.2) is 17.2 Å². The van der Waals surface area contributed by atoms with Gasteiger partial charge in [0.15, 0.2) is 21.5 Å². The van der Waals surface area contributed by atoms with Crippen molar-refractivity contribution >= 4 is 21.4 Å². The molecule has 0 bridgehead atoms. The Bertz CT molecular complexity index is 877. The fraction of sp³-hybridized carbons (Fsp3) is 0.188. The van der Waals surface area contributed by atoms with E-state index < -0.39 is 21.5 Å². The Morgan fingerprint density at radius 1 is 1.04 bits per heavy atom. The number of benzene rings is 2.